The molecule has 2 atom stereocenters. The summed E-state index contributed by atoms with van der Waals surface area (Å²) in [6.07, 6.45) is 10.4. The number of aryl methyl sites for hydroxylation is 1. The van der Waals surface area contributed by atoms with Crippen LogP contribution in [0.5, 0.6) is 0 Å². The highest BCUT2D eigenvalue weighted by molar-refractivity contribution is 9.10. The first-order valence-corrected chi connectivity index (χ1v) is 14.2. The lowest BCUT2D eigenvalue weighted by Gasteiger charge is -2.25. The normalized spacial score (nSPS) is 19.2. The van der Waals surface area contributed by atoms with Crippen LogP contribution in [0.4, 0.5) is 0 Å². The van der Waals surface area contributed by atoms with Gasteiger partial charge in [0.2, 0.25) is 11.8 Å². The first-order chi connectivity index (χ1) is 17.5. The molecule has 5 nitrogen and oxygen atoms in total. The minimum absolute atomic E-state index is 0. The third-order valence-electron chi connectivity index (χ3n) is 7.87. The molecule has 0 radical (unpaired) electrons. The third kappa shape index (κ3) is 6.77. The summed E-state index contributed by atoms with van der Waals surface area (Å²) in [6.45, 7) is 3.75. The molecule has 2 fully saturated rings. The number of nitrogens with one attached hydrogen (secondary N) is 2. The van der Waals surface area contributed by atoms with E-state index in [9.17, 15) is 9.59 Å². The molecule has 1 saturated heterocycles. The molecule has 1 aliphatic carbocycles. The molecule has 2 amide bonds. The van der Waals surface area contributed by atoms with Crippen LogP contribution in [0.2, 0.25) is 0 Å². The Kier molecular flexibility index (Phi) is 9.36. The quantitative estimate of drug-likeness (QED) is 0.326. The van der Waals surface area contributed by atoms with Gasteiger partial charge in [-0.3, -0.25) is 9.59 Å². The molecular weight excluding hydrogens is 550 g/mol. The van der Waals surface area contributed by atoms with Crippen molar-refractivity contribution in [2.75, 3.05) is 6.54 Å². The van der Waals surface area contributed by atoms with Gasteiger partial charge in [-0.15, -0.1) is 12.4 Å². The van der Waals surface area contributed by atoms with Crippen molar-refractivity contribution in [3.63, 3.8) is 0 Å². The van der Waals surface area contributed by atoms with E-state index in [0.717, 1.165) is 23.0 Å². The van der Waals surface area contributed by atoms with Gasteiger partial charge < -0.3 is 15.2 Å². The molecule has 37 heavy (non-hydrogen) atoms. The van der Waals surface area contributed by atoms with Gasteiger partial charge in [0.05, 0.1) is 0 Å². The second kappa shape index (κ2) is 12.5. The van der Waals surface area contributed by atoms with E-state index < -0.39 is 0 Å². The average Bonchev–Trinajstić information content (AvgIpc) is 3.20. The average molecular weight is 587 g/mol. The Balaban J connectivity index is 0.00000320. The van der Waals surface area contributed by atoms with Crippen LogP contribution in [0, 0.1) is 12.8 Å². The zero-order chi connectivity index (χ0) is 25.1. The molecule has 2 heterocycles. The topological polar surface area (TPSA) is 63.1 Å². The van der Waals surface area contributed by atoms with Crippen LogP contribution in [-0.2, 0) is 16.1 Å². The van der Waals surface area contributed by atoms with Gasteiger partial charge in [-0.1, -0.05) is 65.0 Å². The van der Waals surface area contributed by atoms with Crippen molar-refractivity contribution in [2.24, 2.45) is 5.92 Å². The molecule has 2 unspecified atom stereocenters. The highest BCUT2D eigenvalue weighted by Gasteiger charge is 2.27. The molecule has 0 bridgehead atoms. The van der Waals surface area contributed by atoms with Crippen LogP contribution in [0.1, 0.15) is 74.0 Å². The van der Waals surface area contributed by atoms with Gasteiger partial charge in [-0.2, -0.15) is 0 Å². The van der Waals surface area contributed by atoms with Crippen LogP contribution < -0.4 is 10.6 Å². The number of carbonyl (C=O) groups excluding carboxylic acids is 2. The van der Waals surface area contributed by atoms with Crippen LogP contribution in [0.25, 0.3) is 10.9 Å². The van der Waals surface area contributed by atoms with E-state index in [1.54, 1.807) is 0 Å². The fourth-order valence-corrected chi connectivity index (χ4v) is 6.41. The van der Waals surface area contributed by atoms with E-state index in [-0.39, 0.29) is 36.2 Å². The SMILES string of the molecule is Cc1cccc(C(CC(=O)NC2CCNC(=O)C2)c2cn(CC3CCCCC3)c3ccc(Br)cc23)c1.Cl. The second-order valence-corrected chi connectivity index (χ2v) is 11.6. The number of rotatable bonds is 7. The maximum atomic E-state index is 13.3. The van der Waals surface area contributed by atoms with Crippen LogP contribution in [0.15, 0.2) is 53.1 Å². The van der Waals surface area contributed by atoms with Gasteiger partial charge in [0, 0.05) is 59.5 Å². The molecule has 198 valence electrons. The lowest BCUT2D eigenvalue weighted by Crippen LogP contribution is -2.45. The van der Waals surface area contributed by atoms with Gasteiger partial charge in [0.25, 0.3) is 0 Å². The summed E-state index contributed by atoms with van der Waals surface area (Å²) in [7, 11) is 0. The summed E-state index contributed by atoms with van der Waals surface area (Å²) in [6, 6.07) is 15.0. The van der Waals surface area contributed by atoms with Gasteiger partial charge in [-0.05, 0) is 61.4 Å². The monoisotopic (exact) mass is 585 g/mol. The zero-order valence-corrected chi connectivity index (χ0v) is 23.9. The van der Waals surface area contributed by atoms with Crippen LogP contribution >= 0.6 is 28.3 Å². The fraction of sp³-hybridized carbons (Fsp3) is 0.467. The van der Waals surface area contributed by atoms with E-state index in [1.807, 2.05) is 0 Å². The molecule has 7 heteroatoms. The summed E-state index contributed by atoms with van der Waals surface area (Å²) < 4.78 is 3.48. The number of fused-ring (bicyclic) bond motifs is 1. The van der Waals surface area contributed by atoms with E-state index in [4.69, 9.17) is 0 Å². The molecule has 1 saturated carbocycles. The van der Waals surface area contributed by atoms with Crippen LogP contribution in [0.3, 0.4) is 0 Å². The number of aromatic nitrogens is 1. The van der Waals surface area contributed by atoms with Gasteiger partial charge >= 0.3 is 0 Å². The molecular formula is C30H37BrClN3O2. The lowest BCUT2D eigenvalue weighted by molar-refractivity contribution is -0.125. The summed E-state index contributed by atoms with van der Waals surface area (Å²) in [5, 5.41) is 7.20. The number of amides is 2. The summed E-state index contributed by atoms with van der Waals surface area (Å²) in [5.74, 6) is 0.664. The Morgan fingerprint density at radius 3 is 2.70 bits per heavy atom. The smallest absolute Gasteiger partial charge is 0.222 e. The Bertz CT molecular complexity index is 1250. The van der Waals surface area contributed by atoms with Crippen molar-refractivity contribution in [3.05, 3.63) is 69.8 Å². The standard InChI is InChI=1S/C30H36BrN3O2.ClH/c1-20-6-5-9-22(14-20)25(17-30(36)33-24-12-13-32-29(35)16-24)27-19-34(18-21-7-3-2-4-8-21)28-11-10-23(31)15-26(27)28;/h5-6,9-11,14-15,19,21,24-25H,2-4,7-8,12-13,16-18H2,1H3,(H,32,35)(H,33,36);1H. The molecule has 1 aromatic heterocycles. The number of halogens is 2. The minimum Gasteiger partial charge on any atom is -0.356 e. The molecule has 1 aliphatic heterocycles. The Hall–Kier alpha value is -2.31. The Morgan fingerprint density at radius 2 is 1.95 bits per heavy atom. The summed E-state index contributed by atoms with van der Waals surface area (Å²) in [5.41, 5.74) is 4.78. The van der Waals surface area contributed by atoms with Crippen molar-refractivity contribution in [1.82, 2.24) is 15.2 Å². The van der Waals surface area contributed by atoms with Gasteiger partial charge in [0.15, 0.2) is 0 Å². The van der Waals surface area contributed by atoms with Crippen LogP contribution in [-0.4, -0.2) is 29.0 Å². The highest BCUT2D eigenvalue weighted by Crippen LogP contribution is 2.37. The van der Waals surface area contributed by atoms with Crippen molar-refractivity contribution < 1.29 is 9.59 Å². The van der Waals surface area contributed by atoms with Crippen molar-refractivity contribution in [2.45, 2.75) is 76.8 Å². The summed E-state index contributed by atoms with van der Waals surface area (Å²) >= 11 is 3.69. The van der Waals surface area contributed by atoms with Crippen molar-refractivity contribution >= 4 is 51.1 Å². The van der Waals surface area contributed by atoms with Crippen molar-refractivity contribution in [3.8, 4) is 0 Å². The molecule has 2 N–H and O–H groups in total. The van der Waals surface area contributed by atoms with E-state index in [2.05, 4.69) is 86.7 Å². The molecule has 2 aromatic carbocycles. The maximum Gasteiger partial charge on any atom is 0.222 e. The number of hydrogen-bond donors (Lipinski definition) is 2. The Morgan fingerprint density at radius 1 is 1.14 bits per heavy atom. The largest absolute Gasteiger partial charge is 0.356 e. The first kappa shape index (κ1) is 27.7. The molecule has 2 aliphatic rings. The summed E-state index contributed by atoms with van der Waals surface area (Å²) in [4.78, 5) is 25.2. The van der Waals surface area contributed by atoms with Gasteiger partial charge in [-0.25, -0.2) is 0 Å². The fourth-order valence-electron chi connectivity index (χ4n) is 6.05. The predicted molar refractivity (Wildman–Crippen MR) is 155 cm³/mol. The Labute approximate surface area is 234 Å². The predicted octanol–water partition coefficient (Wildman–Crippen LogP) is 6.63. The maximum absolute atomic E-state index is 13.3. The molecule has 3 aromatic rings. The number of piperidine rings is 1. The second-order valence-electron chi connectivity index (χ2n) is 10.7. The third-order valence-corrected chi connectivity index (χ3v) is 8.37. The zero-order valence-electron chi connectivity index (χ0n) is 21.5. The minimum atomic E-state index is -0.0915. The number of nitrogens with zero attached hydrogens (tertiary/aromatic N) is 1. The molecule has 5 rings (SSSR count). The van der Waals surface area contributed by atoms with E-state index >= 15 is 0 Å². The number of carbonyl (C=O) groups is 2. The number of benzene rings is 2. The lowest BCUT2D eigenvalue weighted by atomic mass is 9.87. The van der Waals surface area contributed by atoms with E-state index in [1.165, 1.54) is 54.1 Å². The highest BCUT2D eigenvalue weighted by atomic mass is 79.9. The number of hydrogen-bond acceptors (Lipinski definition) is 2. The first-order valence-electron chi connectivity index (χ1n) is 13.4. The van der Waals surface area contributed by atoms with E-state index in [0.29, 0.717) is 25.3 Å². The molecule has 0 spiro atoms. The van der Waals surface area contributed by atoms with Gasteiger partial charge in [0.1, 0.15) is 0 Å². The van der Waals surface area contributed by atoms with Crippen molar-refractivity contribution in [1.29, 1.82) is 0 Å².